The Morgan fingerprint density at radius 2 is 1.92 bits per heavy atom. The highest BCUT2D eigenvalue weighted by Crippen LogP contribution is 2.25. The summed E-state index contributed by atoms with van der Waals surface area (Å²) in [5.74, 6) is -0.0907. The summed E-state index contributed by atoms with van der Waals surface area (Å²) in [5.41, 5.74) is 0.801. The average molecular weight is 392 g/mol. The quantitative estimate of drug-likeness (QED) is 0.616. The van der Waals surface area contributed by atoms with E-state index in [4.69, 9.17) is 11.6 Å². The third kappa shape index (κ3) is 3.74. The second kappa shape index (κ2) is 7.24. The third-order valence-electron chi connectivity index (χ3n) is 3.51. The van der Waals surface area contributed by atoms with Crippen LogP contribution in [0.5, 0.6) is 0 Å². The SMILES string of the molecule is CNS(=O)(=O)c1cccc(C(=O)Nc2n[nH]c(-c3ccccc3Cl)n2)c1. The lowest BCUT2D eigenvalue weighted by molar-refractivity contribution is 0.102. The number of rotatable bonds is 5. The number of hydrogen-bond donors (Lipinski definition) is 3. The van der Waals surface area contributed by atoms with E-state index in [0.717, 1.165) is 0 Å². The Bertz CT molecular complexity index is 1070. The Kier molecular flexibility index (Phi) is 5.03. The molecule has 0 spiro atoms. The number of nitrogens with zero attached hydrogens (tertiary/aromatic N) is 2. The Balaban J connectivity index is 1.82. The van der Waals surface area contributed by atoms with Crippen LogP contribution in [0.15, 0.2) is 53.4 Å². The van der Waals surface area contributed by atoms with Crippen molar-refractivity contribution < 1.29 is 13.2 Å². The average Bonchev–Trinajstić information content (AvgIpc) is 3.10. The van der Waals surface area contributed by atoms with Crippen molar-refractivity contribution in [2.75, 3.05) is 12.4 Å². The number of amides is 1. The molecule has 0 fully saturated rings. The summed E-state index contributed by atoms with van der Waals surface area (Å²) in [7, 11) is -2.35. The van der Waals surface area contributed by atoms with E-state index >= 15 is 0 Å². The molecule has 0 radical (unpaired) electrons. The molecule has 0 aliphatic heterocycles. The second-order valence-corrected chi connectivity index (χ2v) is 7.47. The Morgan fingerprint density at radius 3 is 2.65 bits per heavy atom. The zero-order valence-corrected chi connectivity index (χ0v) is 15.1. The molecule has 3 N–H and O–H groups in total. The van der Waals surface area contributed by atoms with Crippen LogP contribution in [0.25, 0.3) is 11.4 Å². The van der Waals surface area contributed by atoms with Crippen molar-refractivity contribution in [2.24, 2.45) is 0 Å². The van der Waals surface area contributed by atoms with Gasteiger partial charge >= 0.3 is 0 Å². The van der Waals surface area contributed by atoms with Gasteiger partial charge in [0.05, 0.1) is 9.92 Å². The van der Waals surface area contributed by atoms with Crippen molar-refractivity contribution >= 4 is 33.5 Å². The maximum Gasteiger partial charge on any atom is 0.258 e. The lowest BCUT2D eigenvalue weighted by Gasteiger charge is -2.05. The number of sulfonamides is 1. The first kappa shape index (κ1) is 18.1. The van der Waals surface area contributed by atoms with Gasteiger partial charge in [-0.15, -0.1) is 5.10 Å². The van der Waals surface area contributed by atoms with Crippen molar-refractivity contribution in [2.45, 2.75) is 4.90 Å². The fourth-order valence-corrected chi connectivity index (χ4v) is 3.19. The monoisotopic (exact) mass is 391 g/mol. The number of hydrogen-bond acceptors (Lipinski definition) is 5. The number of benzene rings is 2. The summed E-state index contributed by atoms with van der Waals surface area (Å²) in [5, 5.41) is 9.63. The van der Waals surface area contributed by atoms with Gasteiger partial charge in [0.1, 0.15) is 0 Å². The summed E-state index contributed by atoms with van der Waals surface area (Å²) in [6.45, 7) is 0. The van der Waals surface area contributed by atoms with Crippen LogP contribution in [0.1, 0.15) is 10.4 Å². The Labute approximate surface area is 154 Å². The first-order valence-electron chi connectivity index (χ1n) is 7.43. The predicted octanol–water partition coefficient (Wildman–Crippen LogP) is 2.29. The lowest BCUT2D eigenvalue weighted by Crippen LogP contribution is -2.19. The fourth-order valence-electron chi connectivity index (χ4n) is 2.19. The van der Waals surface area contributed by atoms with Crippen LogP contribution in [0.2, 0.25) is 5.02 Å². The molecule has 3 aromatic rings. The van der Waals surface area contributed by atoms with Gasteiger partial charge in [-0.1, -0.05) is 29.8 Å². The van der Waals surface area contributed by atoms with E-state index in [1.54, 1.807) is 24.3 Å². The van der Waals surface area contributed by atoms with Crippen LogP contribution in [0, 0.1) is 0 Å². The highest BCUT2D eigenvalue weighted by molar-refractivity contribution is 7.89. The van der Waals surface area contributed by atoms with Gasteiger partial charge in [-0.2, -0.15) is 4.98 Å². The molecule has 0 saturated heterocycles. The van der Waals surface area contributed by atoms with E-state index in [2.05, 4.69) is 25.2 Å². The smallest absolute Gasteiger partial charge is 0.258 e. The molecular formula is C16H14ClN5O3S. The van der Waals surface area contributed by atoms with Gasteiger partial charge in [-0.3, -0.25) is 15.2 Å². The maximum atomic E-state index is 12.3. The number of halogens is 1. The second-order valence-electron chi connectivity index (χ2n) is 5.18. The van der Waals surface area contributed by atoms with Crippen LogP contribution in [-0.2, 0) is 10.0 Å². The molecule has 0 aliphatic rings. The minimum absolute atomic E-state index is 0.0145. The van der Waals surface area contributed by atoms with Crippen molar-refractivity contribution in [3.63, 3.8) is 0 Å². The molecule has 1 heterocycles. The molecule has 134 valence electrons. The molecule has 0 saturated carbocycles. The van der Waals surface area contributed by atoms with E-state index in [1.165, 1.54) is 31.3 Å². The number of carbonyl (C=O) groups is 1. The maximum absolute atomic E-state index is 12.3. The number of anilines is 1. The Hall–Kier alpha value is -2.75. The zero-order chi connectivity index (χ0) is 18.7. The minimum Gasteiger partial charge on any atom is -0.289 e. The molecule has 3 rings (SSSR count). The summed E-state index contributed by atoms with van der Waals surface area (Å²) in [6, 6.07) is 12.7. The fraction of sp³-hybridized carbons (Fsp3) is 0.0625. The predicted molar refractivity (Wildman–Crippen MR) is 97.5 cm³/mol. The first-order valence-corrected chi connectivity index (χ1v) is 9.29. The molecule has 8 nitrogen and oxygen atoms in total. The van der Waals surface area contributed by atoms with Gasteiger partial charge < -0.3 is 0 Å². The molecule has 0 bridgehead atoms. The van der Waals surface area contributed by atoms with Crippen molar-refractivity contribution in [1.82, 2.24) is 19.9 Å². The highest BCUT2D eigenvalue weighted by Gasteiger charge is 2.16. The Morgan fingerprint density at radius 1 is 1.15 bits per heavy atom. The van der Waals surface area contributed by atoms with Crippen LogP contribution in [-0.4, -0.2) is 36.6 Å². The van der Waals surface area contributed by atoms with Gasteiger partial charge in [0.25, 0.3) is 5.91 Å². The minimum atomic E-state index is -3.65. The van der Waals surface area contributed by atoms with E-state index in [9.17, 15) is 13.2 Å². The summed E-state index contributed by atoms with van der Waals surface area (Å²) in [6.07, 6.45) is 0. The van der Waals surface area contributed by atoms with Crippen molar-refractivity contribution in [3.05, 3.63) is 59.1 Å². The van der Waals surface area contributed by atoms with Crippen LogP contribution >= 0.6 is 11.6 Å². The molecule has 0 unspecified atom stereocenters. The number of aromatic nitrogens is 3. The number of carbonyl (C=O) groups excluding carboxylic acids is 1. The van der Waals surface area contributed by atoms with Crippen LogP contribution < -0.4 is 10.0 Å². The zero-order valence-electron chi connectivity index (χ0n) is 13.5. The molecule has 26 heavy (non-hydrogen) atoms. The summed E-state index contributed by atoms with van der Waals surface area (Å²) >= 11 is 6.11. The first-order chi connectivity index (χ1) is 12.4. The summed E-state index contributed by atoms with van der Waals surface area (Å²) in [4.78, 5) is 16.5. The molecule has 0 atom stereocenters. The van der Waals surface area contributed by atoms with Gasteiger partial charge in [-0.05, 0) is 37.4 Å². The molecule has 1 amide bonds. The van der Waals surface area contributed by atoms with Crippen molar-refractivity contribution in [3.8, 4) is 11.4 Å². The standard InChI is InChI=1S/C16H14ClN5O3S/c1-18-26(24,25)11-6-4-5-10(9-11)15(23)20-16-19-14(21-22-16)12-7-2-3-8-13(12)17/h2-9,18H,1H3,(H2,19,20,21,22,23). The van der Waals surface area contributed by atoms with Gasteiger partial charge in [-0.25, -0.2) is 13.1 Å². The van der Waals surface area contributed by atoms with Crippen LogP contribution in [0.3, 0.4) is 0 Å². The summed E-state index contributed by atoms with van der Waals surface area (Å²) < 4.78 is 25.9. The van der Waals surface area contributed by atoms with E-state index in [0.29, 0.717) is 16.4 Å². The normalized spacial score (nSPS) is 11.3. The van der Waals surface area contributed by atoms with Gasteiger partial charge in [0.2, 0.25) is 16.0 Å². The topological polar surface area (TPSA) is 117 Å². The highest BCUT2D eigenvalue weighted by atomic mass is 35.5. The van der Waals surface area contributed by atoms with E-state index < -0.39 is 15.9 Å². The van der Waals surface area contributed by atoms with E-state index in [1.807, 2.05) is 0 Å². The largest absolute Gasteiger partial charge is 0.289 e. The molecular weight excluding hydrogens is 378 g/mol. The van der Waals surface area contributed by atoms with Crippen molar-refractivity contribution in [1.29, 1.82) is 0 Å². The molecule has 10 heteroatoms. The number of H-pyrrole nitrogens is 1. The lowest BCUT2D eigenvalue weighted by atomic mass is 10.2. The molecule has 0 aliphatic carbocycles. The van der Waals surface area contributed by atoms with Crippen LogP contribution in [0.4, 0.5) is 5.95 Å². The van der Waals surface area contributed by atoms with Gasteiger partial charge in [0, 0.05) is 11.1 Å². The molecule has 2 aromatic carbocycles. The van der Waals surface area contributed by atoms with Gasteiger partial charge in [0.15, 0.2) is 5.82 Å². The number of aromatic amines is 1. The third-order valence-corrected chi connectivity index (χ3v) is 5.26. The number of nitrogens with one attached hydrogen (secondary N) is 3. The van der Waals surface area contributed by atoms with E-state index in [-0.39, 0.29) is 16.4 Å². The molecule has 1 aromatic heterocycles.